The van der Waals surface area contributed by atoms with Crippen LogP contribution in [-0.4, -0.2) is 35.9 Å². The summed E-state index contributed by atoms with van der Waals surface area (Å²) < 4.78 is 0. The van der Waals surface area contributed by atoms with Gasteiger partial charge in [0.1, 0.15) is 0 Å². The van der Waals surface area contributed by atoms with Gasteiger partial charge < -0.3 is 15.7 Å². The molecule has 2 aromatic rings. The summed E-state index contributed by atoms with van der Waals surface area (Å²) in [6.45, 7) is 0.548. The molecule has 1 amide bonds. The molecule has 0 saturated carbocycles. The fourth-order valence-electron chi connectivity index (χ4n) is 2.22. The van der Waals surface area contributed by atoms with Gasteiger partial charge in [-0.05, 0) is 48.5 Å². The molecule has 0 unspecified atom stereocenters. The number of aliphatic carboxylic acids is 1. The number of hydrogen-bond donors (Lipinski definition) is 3. The fourth-order valence-corrected chi connectivity index (χ4v) is 2.35. The molecule has 0 fully saturated rings. The minimum absolute atomic E-state index is 0.0172. The third kappa shape index (κ3) is 6.22. The Morgan fingerprint density at radius 3 is 2.08 bits per heavy atom. The molecule has 6 nitrogen and oxygen atoms in total. The lowest BCUT2D eigenvalue weighted by molar-refractivity contribution is -0.136. The highest BCUT2D eigenvalue weighted by atomic mass is 35.5. The Kier molecular flexibility index (Phi) is 7.17. The number of carboxylic acid groups (broad SMARTS) is 1. The zero-order valence-electron chi connectivity index (χ0n) is 14.0. The minimum atomic E-state index is -0.960. The van der Waals surface area contributed by atoms with E-state index >= 15 is 0 Å². The van der Waals surface area contributed by atoms with Crippen LogP contribution < -0.4 is 10.6 Å². The van der Waals surface area contributed by atoms with Gasteiger partial charge in [-0.1, -0.05) is 11.6 Å². The van der Waals surface area contributed by atoms with Crippen LogP contribution in [0, 0.1) is 0 Å². The molecule has 26 heavy (non-hydrogen) atoms. The van der Waals surface area contributed by atoms with Crippen LogP contribution in [-0.2, 0) is 4.79 Å². The van der Waals surface area contributed by atoms with Gasteiger partial charge in [-0.25, -0.2) is 0 Å². The van der Waals surface area contributed by atoms with Crippen molar-refractivity contribution >= 4 is 34.9 Å². The predicted molar refractivity (Wildman–Crippen MR) is 99.9 cm³/mol. The zero-order valence-corrected chi connectivity index (χ0v) is 14.8. The first-order valence-electron chi connectivity index (χ1n) is 8.08. The van der Waals surface area contributed by atoms with Gasteiger partial charge in [-0.3, -0.25) is 14.4 Å². The first kappa shape index (κ1) is 19.5. The maximum Gasteiger partial charge on any atom is 0.305 e. The third-order valence-electron chi connectivity index (χ3n) is 3.62. The molecule has 0 saturated heterocycles. The summed E-state index contributed by atoms with van der Waals surface area (Å²) in [7, 11) is 0. The Balaban J connectivity index is 1.78. The summed E-state index contributed by atoms with van der Waals surface area (Å²) in [5.41, 5.74) is 1.85. The molecule has 0 aliphatic heterocycles. The Hall–Kier alpha value is -2.86. The molecule has 3 N–H and O–H groups in total. The number of ketones is 1. The molecule has 136 valence electrons. The van der Waals surface area contributed by atoms with Crippen LogP contribution in [0.3, 0.4) is 0 Å². The van der Waals surface area contributed by atoms with Gasteiger partial charge in [0.05, 0.1) is 6.42 Å². The van der Waals surface area contributed by atoms with Gasteiger partial charge >= 0.3 is 5.97 Å². The molecule has 2 rings (SSSR count). The Bertz CT molecular complexity index is 773. The summed E-state index contributed by atoms with van der Waals surface area (Å²) in [6, 6.07) is 13.5. The van der Waals surface area contributed by atoms with Crippen LogP contribution >= 0.6 is 11.6 Å². The van der Waals surface area contributed by atoms with Crippen molar-refractivity contribution in [3.63, 3.8) is 0 Å². The number of halogens is 1. The van der Waals surface area contributed by atoms with E-state index in [4.69, 9.17) is 16.7 Å². The van der Waals surface area contributed by atoms with E-state index in [9.17, 15) is 14.4 Å². The predicted octanol–water partition coefficient (Wildman–Crippen LogP) is 3.23. The van der Waals surface area contributed by atoms with Crippen molar-refractivity contribution in [2.45, 2.75) is 12.8 Å². The zero-order chi connectivity index (χ0) is 18.9. The van der Waals surface area contributed by atoms with Crippen molar-refractivity contribution in [1.29, 1.82) is 0 Å². The Morgan fingerprint density at radius 1 is 0.846 bits per heavy atom. The highest BCUT2D eigenvalue weighted by Gasteiger charge is 2.07. The van der Waals surface area contributed by atoms with Crippen molar-refractivity contribution < 1.29 is 19.5 Å². The second-order valence-corrected chi connectivity index (χ2v) is 6.02. The monoisotopic (exact) mass is 374 g/mol. The van der Waals surface area contributed by atoms with E-state index in [2.05, 4.69) is 10.6 Å². The number of hydrogen-bond acceptors (Lipinski definition) is 4. The van der Waals surface area contributed by atoms with E-state index in [-0.39, 0.29) is 24.7 Å². The highest BCUT2D eigenvalue weighted by molar-refractivity contribution is 6.30. The smallest absolute Gasteiger partial charge is 0.305 e. The van der Waals surface area contributed by atoms with Crippen molar-refractivity contribution in [3.8, 4) is 0 Å². The van der Waals surface area contributed by atoms with E-state index in [1.807, 2.05) is 0 Å². The Morgan fingerprint density at radius 2 is 1.46 bits per heavy atom. The number of carboxylic acids is 1. The summed E-state index contributed by atoms with van der Waals surface area (Å²) >= 11 is 5.80. The molecule has 0 aliphatic rings. The molecule has 0 heterocycles. The molecular formula is C19H19ClN2O4. The van der Waals surface area contributed by atoms with Crippen molar-refractivity contribution in [2.24, 2.45) is 0 Å². The normalized spacial score (nSPS) is 10.2. The van der Waals surface area contributed by atoms with Crippen LogP contribution in [0.2, 0.25) is 5.02 Å². The summed E-state index contributed by atoms with van der Waals surface area (Å²) in [5.74, 6) is -1.27. The lowest BCUT2D eigenvalue weighted by Crippen LogP contribution is -2.25. The fraction of sp³-hybridized carbons (Fsp3) is 0.211. The number of carbonyl (C=O) groups excluding carboxylic acids is 2. The van der Waals surface area contributed by atoms with Gasteiger partial charge in [0, 0.05) is 41.3 Å². The number of amides is 1. The molecule has 0 radical (unpaired) electrons. The van der Waals surface area contributed by atoms with Crippen LogP contribution in [0.15, 0.2) is 48.5 Å². The van der Waals surface area contributed by atoms with Gasteiger partial charge in [-0.2, -0.15) is 0 Å². The second-order valence-electron chi connectivity index (χ2n) is 5.58. The molecule has 0 aromatic heterocycles. The number of nitrogens with one attached hydrogen (secondary N) is 2. The molecule has 7 heteroatoms. The minimum Gasteiger partial charge on any atom is -0.481 e. The van der Waals surface area contributed by atoms with Crippen molar-refractivity contribution in [2.75, 3.05) is 18.4 Å². The first-order chi connectivity index (χ1) is 12.5. The average Bonchev–Trinajstić information content (AvgIpc) is 2.62. The summed E-state index contributed by atoms with van der Waals surface area (Å²) in [4.78, 5) is 34.3. The lowest BCUT2D eigenvalue weighted by atomic mass is 10.1. The number of rotatable bonds is 9. The summed E-state index contributed by atoms with van der Waals surface area (Å²) in [5, 5.41) is 14.8. The third-order valence-corrected chi connectivity index (χ3v) is 3.87. The molecule has 0 bridgehead atoms. The Labute approximate surface area is 156 Å². The quantitative estimate of drug-likeness (QED) is 0.586. The summed E-state index contributed by atoms with van der Waals surface area (Å²) in [6.07, 6.45) is 0.214. The van der Waals surface area contributed by atoms with Gasteiger partial charge in [0.25, 0.3) is 5.91 Å². The van der Waals surface area contributed by atoms with E-state index in [1.165, 1.54) is 0 Å². The first-order valence-corrected chi connectivity index (χ1v) is 8.46. The maximum atomic E-state index is 12.1. The van der Waals surface area contributed by atoms with E-state index in [1.54, 1.807) is 48.5 Å². The van der Waals surface area contributed by atoms with Crippen LogP contribution in [0.1, 0.15) is 33.6 Å². The maximum absolute atomic E-state index is 12.1. The van der Waals surface area contributed by atoms with Crippen molar-refractivity contribution in [1.82, 2.24) is 5.32 Å². The molecule has 0 spiro atoms. The van der Waals surface area contributed by atoms with Crippen molar-refractivity contribution in [3.05, 3.63) is 64.7 Å². The number of carbonyl (C=O) groups is 3. The lowest BCUT2D eigenvalue weighted by Gasteiger charge is -2.08. The molecule has 0 atom stereocenters. The van der Waals surface area contributed by atoms with Crippen LogP contribution in [0.25, 0.3) is 0 Å². The highest BCUT2D eigenvalue weighted by Crippen LogP contribution is 2.12. The number of Topliss-reactive ketones (excluding diaryl/α,β-unsaturated/α-hetero) is 1. The van der Waals surface area contributed by atoms with Gasteiger partial charge in [0.2, 0.25) is 0 Å². The van der Waals surface area contributed by atoms with Crippen LogP contribution in [0.5, 0.6) is 0 Å². The van der Waals surface area contributed by atoms with Gasteiger partial charge in [-0.15, -0.1) is 0 Å². The molecular weight excluding hydrogens is 356 g/mol. The van der Waals surface area contributed by atoms with Crippen LogP contribution in [0.4, 0.5) is 5.69 Å². The molecule has 2 aromatic carbocycles. The van der Waals surface area contributed by atoms with E-state index in [0.29, 0.717) is 29.1 Å². The molecule has 0 aliphatic carbocycles. The number of anilines is 1. The number of benzene rings is 2. The SMILES string of the molecule is O=C(O)CCNC(=O)c1ccc(NCCC(=O)c2ccc(Cl)cc2)cc1. The largest absolute Gasteiger partial charge is 0.481 e. The van der Waals surface area contributed by atoms with E-state index < -0.39 is 5.97 Å². The second kappa shape index (κ2) is 9.58. The topological polar surface area (TPSA) is 95.5 Å². The van der Waals surface area contributed by atoms with Gasteiger partial charge in [0.15, 0.2) is 5.78 Å². The van der Waals surface area contributed by atoms with E-state index in [0.717, 1.165) is 5.69 Å². The average molecular weight is 375 g/mol. The standard InChI is InChI=1S/C19H19ClN2O4/c20-15-5-1-13(2-6-15)17(23)9-11-21-16-7-3-14(4-8-16)19(26)22-12-10-18(24)25/h1-8,21H,9-12H2,(H,22,26)(H,24,25).